The molecular weight excluding hydrogens is 350 g/mol. The van der Waals surface area contributed by atoms with E-state index >= 15 is 0 Å². The van der Waals surface area contributed by atoms with Gasteiger partial charge in [0, 0.05) is 19.6 Å². The molecular formula is C18H25N5O2S. The quantitative estimate of drug-likeness (QED) is 0.565. The second kappa shape index (κ2) is 8.93. The second-order valence-corrected chi connectivity index (χ2v) is 7.60. The van der Waals surface area contributed by atoms with Crippen LogP contribution < -0.4 is 10.2 Å². The molecule has 1 amide bonds. The summed E-state index contributed by atoms with van der Waals surface area (Å²) >= 11 is 1.41. The highest BCUT2D eigenvalue weighted by molar-refractivity contribution is 8.00. The lowest BCUT2D eigenvalue weighted by Gasteiger charge is -2.27. The van der Waals surface area contributed by atoms with Crippen LogP contribution in [0.3, 0.4) is 0 Å². The lowest BCUT2D eigenvalue weighted by molar-refractivity contribution is -0.120. The average molecular weight is 375 g/mol. The van der Waals surface area contributed by atoms with Gasteiger partial charge in [-0.25, -0.2) is 0 Å². The van der Waals surface area contributed by atoms with Crippen molar-refractivity contribution in [3.05, 3.63) is 36.8 Å². The molecule has 0 spiro atoms. The summed E-state index contributed by atoms with van der Waals surface area (Å²) in [5.74, 6) is 1.65. The number of furan rings is 1. The average Bonchev–Trinajstić information content (AvgIpc) is 3.31. The maximum atomic E-state index is 12.2. The third kappa shape index (κ3) is 4.49. The first-order valence-corrected chi connectivity index (χ1v) is 9.83. The molecule has 0 radical (unpaired) electrons. The number of nitrogens with zero attached hydrogens (tertiary/aromatic N) is 4. The number of aromatic nitrogens is 3. The smallest absolute Gasteiger partial charge is 0.233 e. The number of piperidine rings is 1. The Morgan fingerprint density at radius 3 is 2.92 bits per heavy atom. The van der Waals surface area contributed by atoms with Crippen LogP contribution in [-0.2, 0) is 11.3 Å². The summed E-state index contributed by atoms with van der Waals surface area (Å²) in [7, 11) is 0. The van der Waals surface area contributed by atoms with Crippen molar-refractivity contribution in [1.29, 1.82) is 0 Å². The van der Waals surface area contributed by atoms with E-state index in [9.17, 15) is 4.79 Å². The van der Waals surface area contributed by atoms with Gasteiger partial charge in [0.2, 0.25) is 11.9 Å². The van der Waals surface area contributed by atoms with Crippen molar-refractivity contribution in [2.75, 3.05) is 24.5 Å². The topological polar surface area (TPSA) is 76.2 Å². The van der Waals surface area contributed by atoms with E-state index in [1.165, 1.54) is 18.2 Å². The molecule has 1 atom stereocenters. The van der Waals surface area contributed by atoms with E-state index in [1.807, 2.05) is 23.6 Å². The van der Waals surface area contributed by atoms with Crippen LogP contribution in [0.2, 0.25) is 0 Å². The van der Waals surface area contributed by atoms with Crippen LogP contribution >= 0.6 is 11.8 Å². The summed E-state index contributed by atoms with van der Waals surface area (Å²) in [5, 5.41) is 12.1. The number of rotatable bonds is 8. The molecule has 3 rings (SSSR count). The molecule has 140 valence electrons. The summed E-state index contributed by atoms with van der Waals surface area (Å²) in [6.45, 7) is 8.47. The fourth-order valence-corrected chi connectivity index (χ4v) is 3.79. The molecule has 0 bridgehead atoms. The minimum Gasteiger partial charge on any atom is -0.467 e. The lowest BCUT2D eigenvalue weighted by atomic mass is 10.1. The molecule has 0 aliphatic carbocycles. The Balaban J connectivity index is 1.80. The molecule has 7 nitrogen and oxygen atoms in total. The predicted molar refractivity (Wildman–Crippen MR) is 102 cm³/mol. The molecule has 1 N–H and O–H groups in total. The molecule has 1 saturated heterocycles. The van der Waals surface area contributed by atoms with Crippen molar-refractivity contribution in [2.24, 2.45) is 0 Å². The summed E-state index contributed by atoms with van der Waals surface area (Å²) in [4.78, 5) is 14.4. The van der Waals surface area contributed by atoms with Crippen molar-refractivity contribution >= 4 is 23.6 Å². The molecule has 2 aromatic rings. The van der Waals surface area contributed by atoms with E-state index in [1.54, 1.807) is 12.3 Å². The number of carbonyl (C=O) groups excluding carboxylic acids is 1. The van der Waals surface area contributed by atoms with Gasteiger partial charge in [-0.1, -0.05) is 17.8 Å². The van der Waals surface area contributed by atoms with Crippen molar-refractivity contribution in [3.63, 3.8) is 0 Å². The summed E-state index contributed by atoms with van der Waals surface area (Å²) in [6, 6.07) is 3.81. The zero-order chi connectivity index (χ0) is 18.4. The Morgan fingerprint density at radius 2 is 2.23 bits per heavy atom. The molecule has 0 saturated carbocycles. The Hall–Kier alpha value is -2.22. The zero-order valence-corrected chi connectivity index (χ0v) is 15.9. The number of amides is 1. The van der Waals surface area contributed by atoms with Gasteiger partial charge in [0.05, 0.1) is 18.1 Å². The van der Waals surface area contributed by atoms with E-state index in [-0.39, 0.29) is 11.2 Å². The first-order valence-electron chi connectivity index (χ1n) is 8.95. The van der Waals surface area contributed by atoms with Gasteiger partial charge < -0.3 is 14.6 Å². The summed E-state index contributed by atoms with van der Waals surface area (Å²) < 4.78 is 7.56. The number of hydrogen-bond donors (Lipinski definition) is 1. The normalized spacial score (nSPS) is 15.7. The van der Waals surface area contributed by atoms with E-state index < -0.39 is 0 Å². The molecule has 1 aliphatic rings. The number of thioether (sulfide) groups is 1. The van der Waals surface area contributed by atoms with Gasteiger partial charge in [-0.3, -0.25) is 9.36 Å². The van der Waals surface area contributed by atoms with Gasteiger partial charge in [-0.05, 0) is 38.3 Å². The standard InChI is InChI=1S/C18H25N5O2S/c1-3-9-19-16(24)14(2)26-18-21-20-17(22-10-5-4-6-11-22)23(18)13-15-8-7-12-25-15/h3,7-8,12,14H,1,4-6,9-11,13H2,2H3,(H,19,24). The molecule has 2 aromatic heterocycles. The molecule has 1 unspecified atom stereocenters. The lowest BCUT2D eigenvalue weighted by Crippen LogP contribution is -2.32. The number of anilines is 1. The van der Waals surface area contributed by atoms with Gasteiger partial charge in [0.15, 0.2) is 5.16 Å². The van der Waals surface area contributed by atoms with Gasteiger partial charge >= 0.3 is 0 Å². The van der Waals surface area contributed by atoms with Crippen LogP contribution in [0.25, 0.3) is 0 Å². The van der Waals surface area contributed by atoms with Crippen LogP contribution in [0, 0.1) is 0 Å². The fraction of sp³-hybridized carbons (Fsp3) is 0.500. The van der Waals surface area contributed by atoms with Crippen molar-refractivity contribution in [3.8, 4) is 0 Å². The molecule has 26 heavy (non-hydrogen) atoms. The van der Waals surface area contributed by atoms with E-state index in [4.69, 9.17) is 4.42 Å². The number of hydrogen-bond acceptors (Lipinski definition) is 6. The Bertz CT molecular complexity index is 722. The molecule has 3 heterocycles. The molecule has 1 fully saturated rings. The third-order valence-electron chi connectivity index (χ3n) is 4.30. The maximum absolute atomic E-state index is 12.2. The van der Waals surface area contributed by atoms with Crippen molar-refractivity contribution < 1.29 is 9.21 Å². The van der Waals surface area contributed by atoms with Crippen LogP contribution in [0.4, 0.5) is 5.95 Å². The van der Waals surface area contributed by atoms with Crippen molar-refractivity contribution in [1.82, 2.24) is 20.1 Å². The van der Waals surface area contributed by atoms with Crippen LogP contribution in [0.1, 0.15) is 31.9 Å². The van der Waals surface area contributed by atoms with Crippen LogP contribution in [-0.4, -0.2) is 45.6 Å². The third-order valence-corrected chi connectivity index (χ3v) is 5.38. The largest absolute Gasteiger partial charge is 0.467 e. The minimum absolute atomic E-state index is 0.0398. The SMILES string of the molecule is C=CCNC(=O)C(C)Sc1nnc(N2CCCCC2)n1Cc1ccco1. The van der Waals surface area contributed by atoms with Crippen molar-refractivity contribution in [2.45, 2.75) is 43.1 Å². The zero-order valence-electron chi connectivity index (χ0n) is 15.1. The predicted octanol–water partition coefficient (Wildman–Crippen LogP) is 2.69. The van der Waals surface area contributed by atoms with E-state index in [0.29, 0.717) is 13.1 Å². The minimum atomic E-state index is -0.274. The highest BCUT2D eigenvalue weighted by Gasteiger charge is 2.24. The summed E-state index contributed by atoms with van der Waals surface area (Å²) in [5.41, 5.74) is 0. The van der Waals surface area contributed by atoms with E-state index in [0.717, 1.165) is 42.8 Å². The Morgan fingerprint density at radius 1 is 1.42 bits per heavy atom. The molecule has 8 heteroatoms. The highest BCUT2D eigenvalue weighted by atomic mass is 32.2. The Labute approximate surface area is 157 Å². The first-order chi connectivity index (χ1) is 12.7. The van der Waals surface area contributed by atoms with Crippen LogP contribution in [0.15, 0.2) is 40.6 Å². The summed E-state index contributed by atoms with van der Waals surface area (Å²) in [6.07, 6.45) is 6.92. The first kappa shape index (κ1) is 18.6. The second-order valence-electron chi connectivity index (χ2n) is 6.29. The van der Waals surface area contributed by atoms with E-state index in [2.05, 4.69) is 27.0 Å². The van der Waals surface area contributed by atoms with Gasteiger partial charge in [0.1, 0.15) is 5.76 Å². The fourth-order valence-electron chi connectivity index (χ4n) is 2.92. The molecule has 1 aliphatic heterocycles. The van der Waals surface area contributed by atoms with Gasteiger partial charge in [-0.15, -0.1) is 16.8 Å². The number of nitrogens with one attached hydrogen (secondary N) is 1. The molecule has 0 aromatic carbocycles. The number of carbonyl (C=O) groups is 1. The maximum Gasteiger partial charge on any atom is 0.233 e. The Kier molecular flexibility index (Phi) is 6.38. The monoisotopic (exact) mass is 375 g/mol. The highest BCUT2D eigenvalue weighted by Crippen LogP contribution is 2.28. The van der Waals surface area contributed by atoms with Crippen LogP contribution in [0.5, 0.6) is 0 Å². The van der Waals surface area contributed by atoms with Gasteiger partial charge in [-0.2, -0.15) is 0 Å². The van der Waals surface area contributed by atoms with Gasteiger partial charge in [0.25, 0.3) is 0 Å².